The SMILES string of the molecule is COc1cc(Nc2cnc(N)cn2)ccc1Br. The number of nitrogens with one attached hydrogen (secondary N) is 1. The number of halogens is 1. The standard InChI is InChI=1S/C11H11BrN4O/c1-17-9-4-7(2-3-8(9)12)16-11-6-14-10(13)5-15-11/h2-6H,1H3,(H2,13,14)(H,15,16). The van der Waals surface area contributed by atoms with Crippen molar-refractivity contribution in [3.63, 3.8) is 0 Å². The summed E-state index contributed by atoms with van der Waals surface area (Å²) < 4.78 is 6.10. The molecule has 0 aliphatic rings. The van der Waals surface area contributed by atoms with Crippen LogP contribution in [0.5, 0.6) is 5.75 Å². The van der Waals surface area contributed by atoms with Gasteiger partial charge in [0, 0.05) is 11.8 Å². The first-order valence-electron chi connectivity index (χ1n) is 4.87. The van der Waals surface area contributed by atoms with Gasteiger partial charge in [-0.05, 0) is 28.1 Å². The van der Waals surface area contributed by atoms with Gasteiger partial charge < -0.3 is 15.8 Å². The fourth-order valence-corrected chi connectivity index (χ4v) is 1.70. The highest BCUT2D eigenvalue weighted by atomic mass is 79.9. The van der Waals surface area contributed by atoms with Crippen LogP contribution < -0.4 is 15.8 Å². The molecule has 5 nitrogen and oxygen atoms in total. The van der Waals surface area contributed by atoms with Gasteiger partial charge in [-0.15, -0.1) is 0 Å². The topological polar surface area (TPSA) is 73.1 Å². The summed E-state index contributed by atoms with van der Waals surface area (Å²) in [5, 5.41) is 3.10. The van der Waals surface area contributed by atoms with E-state index in [1.54, 1.807) is 13.3 Å². The van der Waals surface area contributed by atoms with Gasteiger partial charge in [0.2, 0.25) is 0 Å². The number of anilines is 3. The summed E-state index contributed by atoms with van der Waals surface area (Å²) in [5.74, 6) is 1.77. The van der Waals surface area contributed by atoms with Crippen LogP contribution in [0.1, 0.15) is 0 Å². The highest BCUT2D eigenvalue weighted by molar-refractivity contribution is 9.10. The maximum atomic E-state index is 5.46. The predicted molar refractivity (Wildman–Crippen MR) is 70.4 cm³/mol. The van der Waals surface area contributed by atoms with Crippen molar-refractivity contribution >= 4 is 33.3 Å². The smallest absolute Gasteiger partial charge is 0.149 e. The minimum Gasteiger partial charge on any atom is -0.495 e. The maximum Gasteiger partial charge on any atom is 0.149 e. The number of nitrogens with two attached hydrogens (primary N) is 1. The van der Waals surface area contributed by atoms with Gasteiger partial charge in [0.25, 0.3) is 0 Å². The monoisotopic (exact) mass is 294 g/mol. The van der Waals surface area contributed by atoms with Crippen LogP contribution >= 0.6 is 15.9 Å². The summed E-state index contributed by atoms with van der Waals surface area (Å²) in [6.45, 7) is 0. The van der Waals surface area contributed by atoms with Gasteiger partial charge in [-0.1, -0.05) is 0 Å². The average Bonchev–Trinajstić information content (AvgIpc) is 2.34. The van der Waals surface area contributed by atoms with Crippen LogP contribution in [-0.2, 0) is 0 Å². The summed E-state index contributed by atoms with van der Waals surface area (Å²) in [5.41, 5.74) is 6.32. The van der Waals surface area contributed by atoms with E-state index in [0.717, 1.165) is 15.9 Å². The van der Waals surface area contributed by atoms with E-state index in [4.69, 9.17) is 10.5 Å². The molecule has 88 valence electrons. The molecule has 1 heterocycles. The molecular weight excluding hydrogens is 284 g/mol. The normalized spacial score (nSPS) is 10.0. The van der Waals surface area contributed by atoms with Crippen LogP contribution in [0.4, 0.5) is 17.3 Å². The molecule has 0 atom stereocenters. The van der Waals surface area contributed by atoms with Gasteiger partial charge in [-0.2, -0.15) is 0 Å². The van der Waals surface area contributed by atoms with E-state index in [-0.39, 0.29) is 0 Å². The third kappa shape index (κ3) is 2.85. The lowest BCUT2D eigenvalue weighted by Gasteiger charge is -2.08. The van der Waals surface area contributed by atoms with Gasteiger partial charge in [0.05, 0.1) is 24.0 Å². The number of nitrogens with zero attached hydrogens (tertiary/aromatic N) is 2. The Bertz CT molecular complexity index is 515. The average molecular weight is 295 g/mol. The van der Waals surface area contributed by atoms with E-state index in [1.807, 2.05) is 18.2 Å². The van der Waals surface area contributed by atoms with Gasteiger partial charge in [-0.3, -0.25) is 0 Å². The summed E-state index contributed by atoms with van der Waals surface area (Å²) in [6, 6.07) is 5.67. The number of benzene rings is 1. The fraction of sp³-hybridized carbons (Fsp3) is 0.0909. The second kappa shape index (κ2) is 5.01. The summed E-state index contributed by atoms with van der Waals surface area (Å²) >= 11 is 3.39. The highest BCUT2D eigenvalue weighted by Crippen LogP contribution is 2.28. The number of rotatable bonds is 3. The fourth-order valence-electron chi connectivity index (χ4n) is 1.29. The van der Waals surface area contributed by atoms with E-state index < -0.39 is 0 Å². The lowest BCUT2D eigenvalue weighted by Crippen LogP contribution is -1.97. The molecule has 0 saturated heterocycles. The van der Waals surface area contributed by atoms with E-state index in [2.05, 4.69) is 31.2 Å². The number of hydrogen-bond acceptors (Lipinski definition) is 5. The Hall–Kier alpha value is -1.82. The van der Waals surface area contributed by atoms with Crippen LogP contribution in [0.25, 0.3) is 0 Å². The molecule has 1 aromatic heterocycles. The Kier molecular flexibility index (Phi) is 3.43. The quantitative estimate of drug-likeness (QED) is 0.910. The van der Waals surface area contributed by atoms with Crippen LogP contribution in [-0.4, -0.2) is 17.1 Å². The number of methoxy groups -OCH3 is 1. The molecule has 1 aromatic carbocycles. The molecular formula is C11H11BrN4O. The highest BCUT2D eigenvalue weighted by Gasteiger charge is 2.02. The molecule has 0 aliphatic heterocycles. The van der Waals surface area contributed by atoms with Gasteiger partial charge >= 0.3 is 0 Å². The predicted octanol–water partition coefficient (Wildman–Crippen LogP) is 2.57. The third-order valence-electron chi connectivity index (χ3n) is 2.10. The van der Waals surface area contributed by atoms with Crippen LogP contribution in [0.2, 0.25) is 0 Å². The molecule has 0 radical (unpaired) electrons. The van der Waals surface area contributed by atoms with E-state index in [0.29, 0.717) is 11.6 Å². The molecule has 0 saturated carbocycles. The van der Waals surface area contributed by atoms with Crippen molar-refractivity contribution in [1.29, 1.82) is 0 Å². The summed E-state index contributed by atoms with van der Waals surface area (Å²) in [7, 11) is 1.62. The molecule has 0 bridgehead atoms. The van der Waals surface area contributed by atoms with Crippen molar-refractivity contribution < 1.29 is 4.74 Å². The lowest BCUT2D eigenvalue weighted by atomic mass is 10.3. The Labute approximate surface area is 107 Å². The molecule has 17 heavy (non-hydrogen) atoms. The minimum atomic E-state index is 0.393. The Morgan fingerprint density at radius 3 is 2.76 bits per heavy atom. The first kappa shape index (κ1) is 11.7. The Morgan fingerprint density at radius 2 is 2.12 bits per heavy atom. The van der Waals surface area contributed by atoms with Gasteiger partial charge in [0.1, 0.15) is 17.4 Å². The molecule has 6 heteroatoms. The Balaban J connectivity index is 2.21. The van der Waals surface area contributed by atoms with E-state index >= 15 is 0 Å². The number of hydrogen-bond donors (Lipinski definition) is 2. The minimum absolute atomic E-state index is 0.393. The van der Waals surface area contributed by atoms with Crippen molar-refractivity contribution in [1.82, 2.24) is 9.97 Å². The number of aromatic nitrogens is 2. The van der Waals surface area contributed by atoms with Gasteiger partial charge in [0.15, 0.2) is 0 Å². The molecule has 3 N–H and O–H groups in total. The van der Waals surface area contributed by atoms with Crippen LogP contribution in [0, 0.1) is 0 Å². The first-order valence-corrected chi connectivity index (χ1v) is 5.66. The van der Waals surface area contributed by atoms with Gasteiger partial charge in [-0.25, -0.2) is 9.97 Å². The molecule has 0 amide bonds. The zero-order valence-electron chi connectivity index (χ0n) is 9.14. The lowest BCUT2D eigenvalue weighted by molar-refractivity contribution is 0.412. The zero-order valence-corrected chi connectivity index (χ0v) is 10.7. The largest absolute Gasteiger partial charge is 0.495 e. The molecule has 2 rings (SSSR count). The van der Waals surface area contributed by atoms with Crippen molar-refractivity contribution in [2.45, 2.75) is 0 Å². The van der Waals surface area contributed by atoms with Crippen molar-refractivity contribution in [2.75, 3.05) is 18.2 Å². The molecule has 0 spiro atoms. The van der Waals surface area contributed by atoms with Crippen LogP contribution in [0.3, 0.4) is 0 Å². The van der Waals surface area contributed by atoms with E-state index in [9.17, 15) is 0 Å². The van der Waals surface area contributed by atoms with Crippen molar-refractivity contribution in [3.05, 3.63) is 35.1 Å². The van der Waals surface area contributed by atoms with E-state index in [1.165, 1.54) is 6.20 Å². The molecule has 2 aromatic rings. The molecule has 0 unspecified atom stereocenters. The number of ether oxygens (including phenoxy) is 1. The van der Waals surface area contributed by atoms with Crippen LogP contribution in [0.15, 0.2) is 35.1 Å². The second-order valence-electron chi connectivity index (χ2n) is 3.30. The molecule has 0 aliphatic carbocycles. The first-order chi connectivity index (χ1) is 8.19. The maximum absolute atomic E-state index is 5.46. The number of nitrogen functional groups attached to an aromatic ring is 1. The third-order valence-corrected chi connectivity index (χ3v) is 2.75. The molecule has 0 fully saturated rings. The summed E-state index contributed by atoms with van der Waals surface area (Å²) in [6.07, 6.45) is 3.07. The van der Waals surface area contributed by atoms with Crippen molar-refractivity contribution in [2.24, 2.45) is 0 Å². The zero-order chi connectivity index (χ0) is 12.3. The Morgan fingerprint density at radius 1 is 1.29 bits per heavy atom. The summed E-state index contributed by atoms with van der Waals surface area (Å²) in [4.78, 5) is 8.05. The second-order valence-corrected chi connectivity index (χ2v) is 4.16. The van der Waals surface area contributed by atoms with Crippen molar-refractivity contribution in [3.8, 4) is 5.75 Å².